The molecule has 2 rings (SSSR count). The highest BCUT2D eigenvalue weighted by Gasteiger charge is 2.05. The van der Waals surface area contributed by atoms with Crippen molar-refractivity contribution in [1.29, 1.82) is 0 Å². The van der Waals surface area contributed by atoms with Gasteiger partial charge in [0, 0.05) is 3.57 Å². The van der Waals surface area contributed by atoms with Crippen LogP contribution in [0.4, 0.5) is 5.69 Å². The Bertz CT molecular complexity index is 551. The molecule has 0 aliphatic carbocycles. The molecule has 0 radical (unpaired) electrons. The molecular weight excluding hydrogens is 349 g/mol. The molecule has 100 valence electrons. The van der Waals surface area contributed by atoms with E-state index in [0.717, 1.165) is 15.7 Å². The molecule has 0 heterocycles. The maximum Gasteiger partial charge on any atom is 0.150 e. The molecular formula is C16H18INO. The lowest BCUT2D eigenvalue weighted by Gasteiger charge is -2.11. The van der Waals surface area contributed by atoms with Crippen molar-refractivity contribution in [2.75, 3.05) is 5.73 Å². The van der Waals surface area contributed by atoms with Crippen LogP contribution in [0.3, 0.4) is 0 Å². The molecule has 2 N–H and O–H groups in total. The number of rotatable bonds is 4. The first-order valence-electron chi connectivity index (χ1n) is 6.43. The van der Waals surface area contributed by atoms with E-state index in [1.165, 1.54) is 5.56 Å². The van der Waals surface area contributed by atoms with Crippen molar-refractivity contribution in [3.63, 3.8) is 0 Å². The fourth-order valence-electron chi connectivity index (χ4n) is 1.84. The second kappa shape index (κ2) is 6.28. The maximum atomic E-state index is 5.94. The third-order valence-electron chi connectivity index (χ3n) is 3.26. The van der Waals surface area contributed by atoms with Gasteiger partial charge in [-0.15, -0.1) is 0 Å². The number of nitrogens with two attached hydrogens (primary N) is 1. The van der Waals surface area contributed by atoms with Crippen LogP contribution in [0.5, 0.6) is 11.5 Å². The fourth-order valence-corrected chi connectivity index (χ4v) is 2.35. The van der Waals surface area contributed by atoms with Crippen LogP contribution in [0.25, 0.3) is 0 Å². The summed E-state index contributed by atoms with van der Waals surface area (Å²) in [4.78, 5) is 0. The Balaban J connectivity index is 2.15. The van der Waals surface area contributed by atoms with Gasteiger partial charge in [0.25, 0.3) is 0 Å². The fraction of sp³-hybridized carbons (Fsp3) is 0.250. The quantitative estimate of drug-likeness (QED) is 0.597. The zero-order valence-corrected chi connectivity index (χ0v) is 13.3. The average molecular weight is 367 g/mol. The van der Waals surface area contributed by atoms with Crippen LogP contribution in [0, 0.1) is 3.57 Å². The van der Waals surface area contributed by atoms with Crippen LogP contribution >= 0.6 is 22.6 Å². The van der Waals surface area contributed by atoms with E-state index in [-0.39, 0.29) is 0 Å². The van der Waals surface area contributed by atoms with Gasteiger partial charge in [-0.25, -0.2) is 0 Å². The highest BCUT2D eigenvalue weighted by Crippen LogP contribution is 2.29. The summed E-state index contributed by atoms with van der Waals surface area (Å²) >= 11 is 2.23. The molecule has 0 aliphatic heterocycles. The summed E-state index contributed by atoms with van der Waals surface area (Å²) in [6.07, 6.45) is 1.14. The molecule has 0 aromatic heterocycles. The predicted molar refractivity (Wildman–Crippen MR) is 88.8 cm³/mol. The summed E-state index contributed by atoms with van der Waals surface area (Å²) < 4.78 is 6.91. The lowest BCUT2D eigenvalue weighted by molar-refractivity contribution is 0.484. The van der Waals surface area contributed by atoms with Crippen LogP contribution in [0.15, 0.2) is 42.5 Å². The minimum absolute atomic E-state index is 0.581. The smallest absolute Gasteiger partial charge is 0.150 e. The normalized spacial score (nSPS) is 12.2. The van der Waals surface area contributed by atoms with Crippen LogP contribution < -0.4 is 10.5 Å². The number of hydrogen-bond donors (Lipinski definition) is 1. The van der Waals surface area contributed by atoms with Crippen molar-refractivity contribution < 1.29 is 4.74 Å². The van der Waals surface area contributed by atoms with Crippen LogP contribution in [0.2, 0.25) is 0 Å². The highest BCUT2D eigenvalue weighted by molar-refractivity contribution is 14.1. The number of ether oxygens (including phenoxy) is 1. The first-order valence-corrected chi connectivity index (χ1v) is 7.51. The summed E-state index contributed by atoms with van der Waals surface area (Å²) in [6, 6.07) is 14.0. The van der Waals surface area contributed by atoms with Gasteiger partial charge in [0.05, 0.1) is 5.69 Å². The second-order valence-electron chi connectivity index (χ2n) is 4.66. The Morgan fingerprint density at radius 1 is 1.16 bits per heavy atom. The van der Waals surface area contributed by atoms with Crippen molar-refractivity contribution >= 4 is 28.3 Å². The Kier molecular flexibility index (Phi) is 4.69. The Morgan fingerprint density at radius 2 is 1.84 bits per heavy atom. The molecule has 0 spiro atoms. The standard InChI is InChI=1S/C16H18INO/c1-3-11(2)12-4-7-14(8-5-12)19-16-9-6-13(17)10-15(16)18/h4-11H,3,18H2,1-2H3. The third-order valence-corrected chi connectivity index (χ3v) is 3.93. The molecule has 1 atom stereocenters. The first-order chi connectivity index (χ1) is 9.10. The molecule has 1 unspecified atom stereocenters. The molecule has 0 saturated heterocycles. The van der Waals surface area contributed by atoms with E-state index < -0.39 is 0 Å². The minimum Gasteiger partial charge on any atom is -0.455 e. The summed E-state index contributed by atoms with van der Waals surface area (Å²) in [7, 11) is 0. The SMILES string of the molecule is CCC(C)c1ccc(Oc2ccc(I)cc2N)cc1. The lowest BCUT2D eigenvalue weighted by atomic mass is 9.99. The van der Waals surface area contributed by atoms with Crippen LogP contribution in [-0.2, 0) is 0 Å². The molecule has 19 heavy (non-hydrogen) atoms. The molecule has 0 aliphatic rings. The first kappa shape index (κ1) is 14.2. The van der Waals surface area contributed by atoms with Crippen molar-refractivity contribution in [1.82, 2.24) is 0 Å². The van der Waals surface area contributed by atoms with Crippen molar-refractivity contribution in [3.05, 3.63) is 51.6 Å². The van der Waals surface area contributed by atoms with Gasteiger partial charge >= 0.3 is 0 Å². The van der Waals surface area contributed by atoms with Crippen LogP contribution in [0.1, 0.15) is 31.7 Å². The summed E-state index contributed by atoms with van der Waals surface area (Å²) in [5.41, 5.74) is 7.94. The lowest BCUT2D eigenvalue weighted by Crippen LogP contribution is -1.94. The third kappa shape index (κ3) is 3.62. The summed E-state index contributed by atoms with van der Waals surface area (Å²) in [5.74, 6) is 2.11. The zero-order valence-electron chi connectivity index (χ0n) is 11.2. The predicted octanol–water partition coefficient (Wildman–Crippen LogP) is 5.18. The van der Waals surface area contributed by atoms with E-state index in [4.69, 9.17) is 10.5 Å². The molecule has 3 heteroatoms. The van der Waals surface area contributed by atoms with E-state index in [1.807, 2.05) is 30.3 Å². The maximum absolute atomic E-state index is 5.94. The molecule has 0 fully saturated rings. The van der Waals surface area contributed by atoms with Crippen molar-refractivity contribution in [2.45, 2.75) is 26.2 Å². The van der Waals surface area contributed by atoms with Gasteiger partial charge in [-0.05, 0) is 70.8 Å². The van der Waals surface area contributed by atoms with Gasteiger partial charge in [0.1, 0.15) is 11.5 Å². The largest absolute Gasteiger partial charge is 0.455 e. The van der Waals surface area contributed by atoms with Gasteiger partial charge in [-0.3, -0.25) is 0 Å². The topological polar surface area (TPSA) is 35.2 Å². The van der Waals surface area contributed by atoms with Gasteiger partial charge < -0.3 is 10.5 Å². The summed E-state index contributed by atoms with van der Waals surface area (Å²) in [5, 5.41) is 0. The van der Waals surface area contributed by atoms with Crippen molar-refractivity contribution in [3.8, 4) is 11.5 Å². The van der Waals surface area contributed by atoms with Gasteiger partial charge in [0.15, 0.2) is 0 Å². The molecule has 2 aromatic rings. The van der Waals surface area contributed by atoms with Crippen LogP contribution in [-0.4, -0.2) is 0 Å². The molecule has 2 aromatic carbocycles. The molecule has 2 nitrogen and oxygen atoms in total. The number of halogens is 1. The van der Waals surface area contributed by atoms with E-state index in [2.05, 4.69) is 48.6 Å². The van der Waals surface area contributed by atoms with E-state index in [1.54, 1.807) is 0 Å². The monoisotopic (exact) mass is 367 g/mol. The van der Waals surface area contributed by atoms with E-state index >= 15 is 0 Å². The second-order valence-corrected chi connectivity index (χ2v) is 5.91. The van der Waals surface area contributed by atoms with Gasteiger partial charge in [0.2, 0.25) is 0 Å². The van der Waals surface area contributed by atoms with Crippen molar-refractivity contribution in [2.24, 2.45) is 0 Å². The Labute approximate surface area is 128 Å². The summed E-state index contributed by atoms with van der Waals surface area (Å²) in [6.45, 7) is 4.42. The number of benzene rings is 2. The Morgan fingerprint density at radius 3 is 2.42 bits per heavy atom. The molecule has 0 bridgehead atoms. The Hall–Kier alpha value is -1.23. The van der Waals surface area contributed by atoms with Gasteiger partial charge in [-0.1, -0.05) is 26.0 Å². The van der Waals surface area contributed by atoms with E-state index in [9.17, 15) is 0 Å². The highest BCUT2D eigenvalue weighted by atomic mass is 127. The number of anilines is 1. The average Bonchev–Trinajstić information content (AvgIpc) is 2.42. The van der Waals surface area contributed by atoms with Gasteiger partial charge in [-0.2, -0.15) is 0 Å². The number of hydrogen-bond acceptors (Lipinski definition) is 2. The zero-order chi connectivity index (χ0) is 13.8. The molecule has 0 amide bonds. The minimum atomic E-state index is 0.581. The van der Waals surface area contributed by atoms with E-state index in [0.29, 0.717) is 17.4 Å². The molecule has 0 saturated carbocycles. The number of nitrogen functional groups attached to an aromatic ring is 1.